The summed E-state index contributed by atoms with van der Waals surface area (Å²) in [6.07, 6.45) is 3.31. The molecule has 0 aromatic carbocycles. The standard InChI is InChI=1S/C15H27N3O/c1-5-7-16-12-14-6-8-17-15(11-14)18(4)9-10-19-13(2)3/h6,8,11,13,16H,5,7,9-10,12H2,1-4H3. The van der Waals surface area contributed by atoms with Crippen LogP contribution in [0.15, 0.2) is 18.3 Å². The van der Waals surface area contributed by atoms with Gasteiger partial charge in [0.05, 0.1) is 12.7 Å². The highest BCUT2D eigenvalue weighted by Gasteiger charge is 2.04. The van der Waals surface area contributed by atoms with Gasteiger partial charge in [0.15, 0.2) is 0 Å². The summed E-state index contributed by atoms with van der Waals surface area (Å²) >= 11 is 0. The van der Waals surface area contributed by atoms with Crippen molar-refractivity contribution in [1.29, 1.82) is 0 Å². The first kappa shape index (κ1) is 15.9. The van der Waals surface area contributed by atoms with Gasteiger partial charge in [-0.05, 0) is 44.5 Å². The Morgan fingerprint density at radius 3 is 2.89 bits per heavy atom. The number of anilines is 1. The largest absolute Gasteiger partial charge is 0.377 e. The molecule has 1 rings (SSSR count). The van der Waals surface area contributed by atoms with E-state index in [1.165, 1.54) is 5.56 Å². The van der Waals surface area contributed by atoms with Crippen LogP contribution in [0.3, 0.4) is 0 Å². The molecule has 0 saturated heterocycles. The Hall–Kier alpha value is -1.13. The van der Waals surface area contributed by atoms with Gasteiger partial charge in [-0.25, -0.2) is 4.98 Å². The molecule has 0 bridgehead atoms. The van der Waals surface area contributed by atoms with E-state index in [-0.39, 0.29) is 6.10 Å². The van der Waals surface area contributed by atoms with E-state index < -0.39 is 0 Å². The van der Waals surface area contributed by atoms with Crippen LogP contribution in [0, 0.1) is 0 Å². The SMILES string of the molecule is CCCNCc1ccnc(N(C)CCOC(C)C)c1. The second-order valence-corrected chi connectivity index (χ2v) is 5.04. The number of likely N-dealkylation sites (N-methyl/N-ethyl adjacent to an activating group) is 1. The molecule has 0 aliphatic heterocycles. The molecule has 0 saturated carbocycles. The zero-order chi connectivity index (χ0) is 14.1. The Morgan fingerprint density at radius 1 is 1.42 bits per heavy atom. The Kier molecular flexibility index (Phi) is 7.45. The second kappa shape index (κ2) is 8.88. The van der Waals surface area contributed by atoms with Crippen LogP contribution >= 0.6 is 0 Å². The molecular formula is C15H27N3O. The molecule has 1 aromatic heterocycles. The lowest BCUT2D eigenvalue weighted by Gasteiger charge is -2.19. The maximum absolute atomic E-state index is 5.56. The van der Waals surface area contributed by atoms with Gasteiger partial charge in [-0.15, -0.1) is 0 Å². The first-order valence-electron chi connectivity index (χ1n) is 7.12. The van der Waals surface area contributed by atoms with Crippen LogP contribution in [0.4, 0.5) is 5.82 Å². The predicted octanol–water partition coefficient (Wildman–Crippen LogP) is 2.44. The number of rotatable bonds is 9. The van der Waals surface area contributed by atoms with E-state index in [0.717, 1.165) is 38.5 Å². The minimum Gasteiger partial charge on any atom is -0.377 e. The van der Waals surface area contributed by atoms with Crippen LogP contribution in [0.5, 0.6) is 0 Å². The maximum Gasteiger partial charge on any atom is 0.128 e. The predicted molar refractivity (Wildman–Crippen MR) is 80.6 cm³/mol. The van der Waals surface area contributed by atoms with Crippen LogP contribution < -0.4 is 10.2 Å². The summed E-state index contributed by atoms with van der Waals surface area (Å²) in [6.45, 7) is 9.82. The van der Waals surface area contributed by atoms with Gasteiger partial charge in [0.25, 0.3) is 0 Å². The molecule has 0 fully saturated rings. The van der Waals surface area contributed by atoms with E-state index in [0.29, 0.717) is 0 Å². The summed E-state index contributed by atoms with van der Waals surface area (Å²) in [4.78, 5) is 6.54. The van der Waals surface area contributed by atoms with Crippen molar-refractivity contribution >= 4 is 5.82 Å². The normalized spacial score (nSPS) is 11.0. The lowest BCUT2D eigenvalue weighted by molar-refractivity contribution is 0.0845. The van der Waals surface area contributed by atoms with Crippen molar-refractivity contribution < 1.29 is 4.74 Å². The second-order valence-electron chi connectivity index (χ2n) is 5.04. The fourth-order valence-electron chi connectivity index (χ4n) is 1.73. The number of hydrogen-bond acceptors (Lipinski definition) is 4. The van der Waals surface area contributed by atoms with Crippen LogP contribution in [-0.2, 0) is 11.3 Å². The molecular weight excluding hydrogens is 238 g/mol. The van der Waals surface area contributed by atoms with E-state index in [1.807, 2.05) is 6.20 Å². The van der Waals surface area contributed by atoms with Crippen molar-refractivity contribution in [2.24, 2.45) is 0 Å². The first-order chi connectivity index (χ1) is 9.13. The van der Waals surface area contributed by atoms with Crippen LogP contribution in [0.1, 0.15) is 32.8 Å². The topological polar surface area (TPSA) is 37.4 Å². The number of nitrogens with zero attached hydrogens (tertiary/aromatic N) is 2. The van der Waals surface area contributed by atoms with Crippen molar-refractivity contribution in [2.45, 2.75) is 39.8 Å². The number of aromatic nitrogens is 1. The van der Waals surface area contributed by atoms with Gasteiger partial charge >= 0.3 is 0 Å². The van der Waals surface area contributed by atoms with Crippen molar-refractivity contribution in [1.82, 2.24) is 10.3 Å². The van der Waals surface area contributed by atoms with E-state index in [1.54, 1.807) is 0 Å². The molecule has 0 unspecified atom stereocenters. The highest BCUT2D eigenvalue weighted by atomic mass is 16.5. The molecule has 0 aliphatic carbocycles. The Labute approximate surface area is 117 Å². The minimum absolute atomic E-state index is 0.283. The van der Waals surface area contributed by atoms with Crippen molar-refractivity contribution in [3.05, 3.63) is 23.9 Å². The quantitative estimate of drug-likeness (QED) is 0.696. The molecule has 1 heterocycles. The molecule has 0 radical (unpaired) electrons. The van der Waals surface area contributed by atoms with Crippen molar-refractivity contribution in [3.63, 3.8) is 0 Å². The van der Waals surface area contributed by atoms with E-state index >= 15 is 0 Å². The van der Waals surface area contributed by atoms with Gasteiger partial charge in [-0.1, -0.05) is 6.92 Å². The third kappa shape index (κ3) is 6.55. The molecule has 4 nitrogen and oxygen atoms in total. The molecule has 0 atom stereocenters. The third-order valence-electron chi connectivity index (χ3n) is 2.83. The van der Waals surface area contributed by atoms with Gasteiger partial charge in [0, 0.05) is 26.3 Å². The van der Waals surface area contributed by atoms with Gasteiger partial charge in [0.1, 0.15) is 5.82 Å². The van der Waals surface area contributed by atoms with Gasteiger partial charge < -0.3 is 15.0 Å². The maximum atomic E-state index is 5.56. The van der Waals surface area contributed by atoms with E-state index in [9.17, 15) is 0 Å². The summed E-state index contributed by atoms with van der Waals surface area (Å²) < 4.78 is 5.56. The van der Waals surface area contributed by atoms with Crippen LogP contribution in [-0.4, -0.2) is 37.8 Å². The van der Waals surface area contributed by atoms with Crippen LogP contribution in [0.2, 0.25) is 0 Å². The molecule has 1 N–H and O–H groups in total. The number of ether oxygens (including phenoxy) is 1. The summed E-state index contributed by atoms with van der Waals surface area (Å²) in [7, 11) is 2.05. The average molecular weight is 265 g/mol. The molecule has 1 aromatic rings. The van der Waals surface area contributed by atoms with Crippen molar-refractivity contribution in [2.75, 3.05) is 31.6 Å². The van der Waals surface area contributed by atoms with Gasteiger partial charge in [0.2, 0.25) is 0 Å². The summed E-state index contributed by atoms with van der Waals surface area (Å²) in [5.41, 5.74) is 1.27. The Balaban J connectivity index is 2.45. The number of hydrogen-bond donors (Lipinski definition) is 1. The molecule has 19 heavy (non-hydrogen) atoms. The first-order valence-corrected chi connectivity index (χ1v) is 7.12. The van der Waals surface area contributed by atoms with Gasteiger partial charge in [-0.3, -0.25) is 0 Å². The fraction of sp³-hybridized carbons (Fsp3) is 0.667. The zero-order valence-electron chi connectivity index (χ0n) is 12.6. The molecule has 108 valence electrons. The Bertz CT molecular complexity index is 355. The molecule has 0 spiro atoms. The highest BCUT2D eigenvalue weighted by molar-refractivity contribution is 5.39. The molecule has 0 aliphatic rings. The monoisotopic (exact) mass is 265 g/mol. The van der Waals surface area contributed by atoms with Crippen molar-refractivity contribution in [3.8, 4) is 0 Å². The highest BCUT2D eigenvalue weighted by Crippen LogP contribution is 2.11. The lowest BCUT2D eigenvalue weighted by atomic mass is 10.2. The average Bonchev–Trinajstić information content (AvgIpc) is 2.39. The summed E-state index contributed by atoms with van der Waals surface area (Å²) in [6, 6.07) is 4.20. The van der Waals surface area contributed by atoms with E-state index in [2.05, 4.69) is 55.2 Å². The zero-order valence-corrected chi connectivity index (χ0v) is 12.6. The fourth-order valence-corrected chi connectivity index (χ4v) is 1.73. The number of nitrogens with one attached hydrogen (secondary N) is 1. The molecule has 4 heteroatoms. The van der Waals surface area contributed by atoms with Gasteiger partial charge in [-0.2, -0.15) is 0 Å². The minimum atomic E-state index is 0.283. The number of pyridine rings is 1. The van der Waals surface area contributed by atoms with E-state index in [4.69, 9.17) is 4.74 Å². The summed E-state index contributed by atoms with van der Waals surface area (Å²) in [5, 5.41) is 3.40. The third-order valence-corrected chi connectivity index (χ3v) is 2.83. The smallest absolute Gasteiger partial charge is 0.128 e. The van der Waals surface area contributed by atoms with Crippen LogP contribution in [0.25, 0.3) is 0 Å². The lowest BCUT2D eigenvalue weighted by Crippen LogP contribution is -2.25. The Morgan fingerprint density at radius 2 is 2.21 bits per heavy atom. The molecule has 0 amide bonds. The summed E-state index contributed by atoms with van der Waals surface area (Å²) in [5.74, 6) is 1.00.